The minimum Gasteiger partial charge on any atom is -0.443 e. The average molecular weight is 419 g/mol. The van der Waals surface area contributed by atoms with Crippen LogP contribution in [0.3, 0.4) is 0 Å². The molecular formula is C25H23ClN2O2. The van der Waals surface area contributed by atoms with Gasteiger partial charge in [-0.3, -0.25) is 4.79 Å². The number of amides is 1. The Morgan fingerprint density at radius 2 is 1.83 bits per heavy atom. The minimum atomic E-state index is -0.0799. The molecule has 30 heavy (non-hydrogen) atoms. The highest BCUT2D eigenvalue weighted by molar-refractivity contribution is 6.30. The summed E-state index contributed by atoms with van der Waals surface area (Å²) in [4.78, 5) is 14.7. The SMILES string of the molecule is NCc1cccc(C2CCN(C(=O)c3ccc(C#Cc4ccc(Cl)cc4)o3)CC2)c1. The van der Waals surface area contributed by atoms with Gasteiger partial charge in [0.1, 0.15) is 0 Å². The summed E-state index contributed by atoms with van der Waals surface area (Å²) in [6, 6.07) is 19.1. The van der Waals surface area contributed by atoms with Gasteiger partial charge in [-0.15, -0.1) is 0 Å². The Bertz CT molecular complexity index is 1080. The molecule has 0 radical (unpaired) electrons. The largest absolute Gasteiger partial charge is 0.443 e. The molecule has 1 aromatic heterocycles. The Morgan fingerprint density at radius 1 is 1.07 bits per heavy atom. The van der Waals surface area contributed by atoms with Gasteiger partial charge in [-0.05, 0) is 72.2 Å². The first-order chi connectivity index (χ1) is 14.6. The highest BCUT2D eigenvalue weighted by atomic mass is 35.5. The Kier molecular flexibility index (Phi) is 6.23. The number of furan rings is 1. The van der Waals surface area contributed by atoms with Crippen LogP contribution in [-0.2, 0) is 6.54 Å². The molecule has 152 valence electrons. The summed E-state index contributed by atoms with van der Waals surface area (Å²) in [5.41, 5.74) is 9.05. The highest BCUT2D eigenvalue weighted by Gasteiger charge is 2.26. The fourth-order valence-electron chi connectivity index (χ4n) is 3.73. The number of likely N-dealkylation sites (tertiary alicyclic amines) is 1. The van der Waals surface area contributed by atoms with Crippen LogP contribution in [0.5, 0.6) is 0 Å². The number of carbonyl (C=O) groups is 1. The number of benzene rings is 2. The molecule has 1 fully saturated rings. The molecule has 1 saturated heterocycles. The Labute approximate surface area is 181 Å². The van der Waals surface area contributed by atoms with E-state index in [1.165, 1.54) is 5.56 Å². The first-order valence-corrected chi connectivity index (χ1v) is 10.5. The van der Waals surface area contributed by atoms with Crippen molar-refractivity contribution in [1.29, 1.82) is 0 Å². The number of halogens is 1. The van der Waals surface area contributed by atoms with Crippen molar-refractivity contribution in [1.82, 2.24) is 4.90 Å². The lowest BCUT2D eigenvalue weighted by atomic mass is 9.88. The monoisotopic (exact) mass is 418 g/mol. The molecule has 0 atom stereocenters. The van der Waals surface area contributed by atoms with Gasteiger partial charge < -0.3 is 15.1 Å². The number of nitrogens with zero attached hydrogens (tertiary/aromatic N) is 1. The normalized spacial score (nSPS) is 14.3. The van der Waals surface area contributed by atoms with Gasteiger partial charge in [0.15, 0.2) is 11.5 Å². The molecule has 4 rings (SSSR count). The number of nitrogens with two attached hydrogens (primary N) is 1. The van der Waals surface area contributed by atoms with Crippen molar-refractivity contribution in [3.63, 3.8) is 0 Å². The third-order valence-corrected chi connectivity index (χ3v) is 5.68. The van der Waals surface area contributed by atoms with Crippen LogP contribution in [0, 0.1) is 11.8 Å². The average Bonchev–Trinajstić information content (AvgIpc) is 3.27. The van der Waals surface area contributed by atoms with Crippen LogP contribution in [0.15, 0.2) is 65.1 Å². The minimum absolute atomic E-state index is 0.0799. The summed E-state index contributed by atoms with van der Waals surface area (Å²) in [5.74, 6) is 7.16. The molecule has 0 bridgehead atoms. The molecule has 0 aliphatic carbocycles. The molecule has 3 aromatic rings. The molecule has 2 N–H and O–H groups in total. The highest BCUT2D eigenvalue weighted by Crippen LogP contribution is 2.29. The first-order valence-electron chi connectivity index (χ1n) is 10.1. The van der Waals surface area contributed by atoms with Gasteiger partial charge in [-0.1, -0.05) is 41.8 Å². The lowest BCUT2D eigenvalue weighted by Crippen LogP contribution is -2.37. The Hall–Kier alpha value is -3.00. The fraction of sp³-hybridized carbons (Fsp3) is 0.240. The summed E-state index contributed by atoms with van der Waals surface area (Å²) in [5, 5.41) is 0.669. The summed E-state index contributed by atoms with van der Waals surface area (Å²) in [6.45, 7) is 1.97. The maximum Gasteiger partial charge on any atom is 0.289 e. The first kappa shape index (κ1) is 20.3. The summed E-state index contributed by atoms with van der Waals surface area (Å²) < 4.78 is 5.68. The van der Waals surface area contributed by atoms with Crippen LogP contribution >= 0.6 is 11.6 Å². The molecule has 0 spiro atoms. The van der Waals surface area contributed by atoms with Crippen molar-refractivity contribution >= 4 is 17.5 Å². The van der Waals surface area contributed by atoms with Crippen molar-refractivity contribution in [3.8, 4) is 11.8 Å². The lowest BCUT2D eigenvalue weighted by Gasteiger charge is -2.31. The molecule has 2 aromatic carbocycles. The number of rotatable bonds is 3. The van der Waals surface area contributed by atoms with Crippen molar-refractivity contribution in [3.05, 3.63) is 93.9 Å². The predicted octanol–water partition coefficient (Wildman–Crippen LogP) is 4.81. The van der Waals surface area contributed by atoms with Gasteiger partial charge in [0, 0.05) is 30.2 Å². The van der Waals surface area contributed by atoms with Gasteiger partial charge >= 0.3 is 0 Å². The zero-order valence-electron chi connectivity index (χ0n) is 16.6. The lowest BCUT2D eigenvalue weighted by molar-refractivity contribution is 0.0680. The Morgan fingerprint density at radius 3 is 2.57 bits per heavy atom. The van der Waals surface area contributed by atoms with Gasteiger partial charge in [-0.2, -0.15) is 0 Å². The Balaban J connectivity index is 1.37. The van der Waals surface area contributed by atoms with Crippen LogP contribution in [0.1, 0.15) is 51.8 Å². The molecule has 4 nitrogen and oxygen atoms in total. The molecule has 0 saturated carbocycles. The zero-order chi connectivity index (χ0) is 20.9. The second-order valence-corrected chi connectivity index (χ2v) is 7.87. The van der Waals surface area contributed by atoms with Crippen LogP contribution in [0.2, 0.25) is 5.02 Å². The number of piperidine rings is 1. The van der Waals surface area contributed by atoms with Crippen molar-refractivity contribution in [2.24, 2.45) is 5.73 Å². The van der Waals surface area contributed by atoms with E-state index in [0.717, 1.165) is 24.0 Å². The van der Waals surface area contributed by atoms with Crippen LogP contribution in [0.4, 0.5) is 0 Å². The smallest absolute Gasteiger partial charge is 0.289 e. The van der Waals surface area contributed by atoms with Crippen molar-refractivity contribution in [2.75, 3.05) is 13.1 Å². The number of hydrogen-bond acceptors (Lipinski definition) is 3. The zero-order valence-corrected chi connectivity index (χ0v) is 17.4. The van der Waals surface area contributed by atoms with Gasteiger partial charge in [-0.25, -0.2) is 0 Å². The van der Waals surface area contributed by atoms with Gasteiger partial charge in [0.2, 0.25) is 0 Å². The quantitative estimate of drug-likeness (QED) is 0.621. The molecule has 0 unspecified atom stereocenters. The molecule has 2 heterocycles. The van der Waals surface area contributed by atoms with E-state index in [-0.39, 0.29) is 5.91 Å². The van der Waals surface area contributed by atoms with Crippen molar-refractivity contribution in [2.45, 2.75) is 25.3 Å². The molecule has 5 heteroatoms. The van der Waals surface area contributed by atoms with E-state index in [1.807, 2.05) is 23.1 Å². The van der Waals surface area contributed by atoms with E-state index in [4.69, 9.17) is 21.8 Å². The summed E-state index contributed by atoms with van der Waals surface area (Å²) >= 11 is 5.88. The second-order valence-electron chi connectivity index (χ2n) is 7.44. The third kappa shape index (κ3) is 4.76. The van der Waals surface area contributed by atoms with E-state index in [2.05, 4.69) is 30.0 Å². The van der Waals surface area contributed by atoms with E-state index in [0.29, 0.717) is 42.1 Å². The molecular weight excluding hydrogens is 396 g/mol. The van der Waals surface area contributed by atoms with Crippen LogP contribution in [0.25, 0.3) is 0 Å². The fourth-order valence-corrected chi connectivity index (χ4v) is 3.86. The third-order valence-electron chi connectivity index (χ3n) is 5.43. The maximum atomic E-state index is 12.8. The van der Waals surface area contributed by atoms with Crippen molar-refractivity contribution < 1.29 is 9.21 Å². The van der Waals surface area contributed by atoms with Gasteiger partial charge in [0.25, 0.3) is 5.91 Å². The van der Waals surface area contributed by atoms with Crippen LogP contribution in [-0.4, -0.2) is 23.9 Å². The topological polar surface area (TPSA) is 59.5 Å². The van der Waals surface area contributed by atoms with Crippen LogP contribution < -0.4 is 5.73 Å². The summed E-state index contributed by atoms with van der Waals surface area (Å²) in [7, 11) is 0. The van der Waals surface area contributed by atoms with E-state index in [9.17, 15) is 4.79 Å². The predicted molar refractivity (Wildman–Crippen MR) is 118 cm³/mol. The standard InChI is InChI=1S/C25H23ClN2O2/c26-22-7-4-18(5-8-22)6-9-23-10-11-24(30-23)25(29)28-14-12-20(13-15-28)21-3-1-2-19(16-21)17-27/h1-5,7-8,10-11,16,20H,12-15,17,27H2. The van der Waals surface area contributed by atoms with E-state index < -0.39 is 0 Å². The number of hydrogen-bond donors (Lipinski definition) is 1. The summed E-state index contributed by atoms with van der Waals surface area (Å²) in [6.07, 6.45) is 1.87. The van der Waals surface area contributed by atoms with Gasteiger partial charge in [0.05, 0.1) is 0 Å². The molecule has 1 aliphatic rings. The van der Waals surface area contributed by atoms with E-state index >= 15 is 0 Å². The second kappa shape index (κ2) is 9.21. The number of carbonyl (C=O) groups excluding carboxylic acids is 1. The van der Waals surface area contributed by atoms with E-state index in [1.54, 1.807) is 24.3 Å². The molecule has 1 amide bonds. The molecule has 1 aliphatic heterocycles. The maximum absolute atomic E-state index is 12.8.